The van der Waals surface area contributed by atoms with Crippen molar-refractivity contribution in [1.82, 2.24) is 0 Å². The molecule has 0 rings (SSSR count). The van der Waals surface area contributed by atoms with E-state index in [1.165, 1.54) is 0 Å². The first-order valence-corrected chi connectivity index (χ1v) is 3.59. The molecule has 0 aliphatic rings. The molecule has 0 aliphatic heterocycles. The number of ether oxygens (including phenoxy) is 2. The van der Waals surface area contributed by atoms with Gasteiger partial charge in [0.25, 0.3) is 0 Å². The second kappa shape index (κ2) is 5.15. The SMILES string of the molecule is CC(C)O/C=C\OC(C)C. The van der Waals surface area contributed by atoms with Gasteiger partial charge in [-0.3, -0.25) is 0 Å². The lowest BCUT2D eigenvalue weighted by atomic mass is 10.5. The molecule has 0 aromatic carbocycles. The minimum Gasteiger partial charge on any atom is -0.495 e. The zero-order valence-corrected chi connectivity index (χ0v) is 7.13. The van der Waals surface area contributed by atoms with Crippen LogP contribution in [0.25, 0.3) is 0 Å². The Balaban J connectivity index is 3.20. The first-order valence-electron chi connectivity index (χ1n) is 3.59. The second-order valence-corrected chi connectivity index (χ2v) is 2.64. The van der Waals surface area contributed by atoms with Gasteiger partial charge in [0, 0.05) is 0 Å². The van der Waals surface area contributed by atoms with Crippen molar-refractivity contribution in [2.75, 3.05) is 0 Å². The average molecular weight is 144 g/mol. The standard InChI is InChI=1S/C8H16O2/c1-7(2)9-5-6-10-8(3)4/h5-8H,1-4H3/b6-5-. The topological polar surface area (TPSA) is 18.5 Å². The van der Waals surface area contributed by atoms with Gasteiger partial charge < -0.3 is 9.47 Å². The predicted octanol–water partition coefficient (Wildman–Crippen LogP) is 2.31. The molecule has 0 unspecified atom stereocenters. The van der Waals surface area contributed by atoms with Gasteiger partial charge in [0.15, 0.2) is 0 Å². The Labute approximate surface area is 62.8 Å². The van der Waals surface area contributed by atoms with Crippen molar-refractivity contribution in [3.8, 4) is 0 Å². The molecule has 0 fully saturated rings. The molecule has 2 nitrogen and oxygen atoms in total. The van der Waals surface area contributed by atoms with E-state index in [1.807, 2.05) is 27.7 Å². The summed E-state index contributed by atoms with van der Waals surface area (Å²) in [6, 6.07) is 0. The van der Waals surface area contributed by atoms with Crippen LogP contribution in [0.2, 0.25) is 0 Å². The van der Waals surface area contributed by atoms with Crippen molar-refractivity contribution in [2.45, 2.75) is 39.9 Å². The minimum absolute atomic E-state index is 0.229. The summed E-state index contributed by atoms with van der Waals surface area (Å²) < 4.78 is 10.2. The van der Waals surface area contributed by atoms with Gasteiger partial charge in [0.05, 0.1) is 12.2 Å². The molecule has 10 heavy (non-hydrogen) atoms. The van der Waals surface area contributed by atoms with Crippen molar-refractivity contribution in [3.05, 3.63) is 12.5 Å². The van der Waals surface area contributed by atoms with Crippen LogP contribution >= 0.6 is 0 Å². The molecule has 0 bridgehead atoms. The Kier molecular flexibility index (Phi) is 4.81. The van der Waals surface area contributed by atoms with Gasteiger partial charge in [-0.25, -0.2) is 0 Å². The summed E-state index contributed by atoms with van der Waals surface area (Å²) in [6.07, 6.45) is 3.61. The fourth-order valence-electron chi connectivity index (χ4n) is 0.378. The van der Waals surface area contributed by atoms with Gasteiger partial charge in [-0.2, -0.15) is 0 Å². The van der Waals surface area contributed by atoms with E-state index in [0.717, 1.165) is 0 Å². The Morgan fingerprint density at radius 1 is 0.800 bits per heavy atom. The first-order chi connectivity index (χ1) is 4.63. The lowest BCUT2D eigenvalue weighted by Gasteiger charge is -2.05. The van der Waals surface area contributed by atoms with Crippen molar-refractivity contribution in [1.29, 1.82) is 0 Å². The van der Waals surface area contributed by atoms with Crippen molar-refractivity contribution >= 4 is 0 Å². The van der Waals surface area contributed by atoms with Crippen molar-refractivity contribution in [2.24, 2.45) is 0 Å². The van der Waals surface area contributed by atoms with E-state index < -0.39 is 0 Å². The summed E-state index contributed by atoms with van der Waals surface area (Å²) in [5, 5.41) is 0. The van der Waals surface area contributed by atoms with E-state index in [1.54, 1.807) is 12.5 Å². The average Bonchev–Trinajstić information content (AvgIpc) is 1.79. The molecule has 60 valence electrons. The number of hydrogen-bond donors (Lipinski definition) is 0. The van der Waals surface area contributed by atoms with E-state index in [0.29, 0.717) is 0 Å². The monoisotopic (exact) mass is 144 g/mol. The predicted molar refractivity (Wildman–Crippen MR) is 41.6 cm³/mol. The first kappa shape index (κ1) is 9.34. The molecule has 0 heterocycles. The lowest BCUT2D eigenvalue weighted by Crippen LogP contribution is -1.98. The second-order valence-electron chi connectivity index (χ2n) is 2.64. The van der Waals surface area contributed by atoms with Crippen LogP contribution in [0.1, 0.15) is 27.7 Å². The molecule has 2 heteroatoms. The molecule has 0 N–H and O–H groups in total. The summed E-state index contributed by atoms with van der Waals surface area (Å²) >= 11 is 0. The van der Waals surface area contributed by atoms with Crippen LogP contribution in [0.15, 0.2) is 12.5 Å². The summed E-state index contributed by atoms with van der Waals surface area (Å²) in [4.78, 5) is 0. The largest absolute Gasteiger partial charge is 0.495 e. The molecule has 0 saturated heterocycles. The zero-order valence-electron chi connectivity index (χ0n) is 7.13. The number of hydrogen-bond acceptors (Lipinski definition) is 2. The van der Waals surface area contributed by atoms with Crippen LogP contribution in [-0.4, -0.2) is 12.2 Å². The highest BCUT2D eigenvalue weighted by Gasteiger charge is 1.87. The fourth-order valence-corrected chi connectivity index (χ4v) is 0.378. The summed E-state index contributed by atoms with van der Waals surface area (Å²) in [5.41, 5.74) is 0. The third-order valence-corrected chi connectivity index (χ3v) is 0.757. The van der Waals surface area contributed by atoms with Gasteiger partial charge in [-0.05, 0) is 27.7 Å². The van der Waals surface area contributed by atoms with E-state index in [2.05, 4.69) is 0 Å². The Hall–Kier alpha value is -0.660. The maximum Gasteiger partial charge on any atom is 0.118 e. The third-order valence-electron chi connectivity index (χ3n) is 0.757. The van der Waals surface area contributed by atoms with Crippen molar-refractivity contribution in [3.63, 3.8) is 0 Å². The Morgan fingerprint density at radius 3 is 1.30 bits per heavy atom. The number of rotatable bonds is 4. The molecule has 0 saturated carbocycles. The van der Waals surface area contributed by atoms with Crippen molar-refractivity contribution < 1.29 is 9.47 Å². The van der Waals surface area contributed by atoms with Crippen LogP contribution in [0.4, 0.5) is 0 Å². The van der Waals surface area contributed by atoms with Gasteiger partial charge in [-0.1, -0.05) is 0 Å². The van der Waals surface area contributed by atoms with Crippen LogP contribution in [-0.2, 0) is 9.47 Å². The van der Waals surface area contributed by atoms with Gasteiger partial charge in [-0.15, -0.1) is 0 Å². The van der Waals surface area contributed by atoms with Crippen LogP contribution in [0.3, 0.4) is 0 Å². The molecule has 0 radical (unpaired) electrons. The fraction of sp³-hybridized carbons (Fsp3) is 0.750. The highest BCUT2D eigenvalue weighted by Crippen LogP contribution is 1.91. The van der Waals surface area contributed by atoms with Crippen LogP contribution in [0.5, 0.6) is 0 Å². The maximum atomic E-state index is 5.09. The van der Waals surface area contributed by atoms with Crippen LogP contribution in [0, 0.1) is 0 Å². The maximum absolute atomic E-state index is 5.09. The molecular formula is C8H16O2. The van der Waals surface area contributed by atoms with Crippen LogP contribution < -0.4 is 0 Å². The Bertz CT molecular complexity index is 83.4. The van der Waals surface area contributed by atoms with E-state index in [-0.39, 0.29) is 12.2 Å². The van der Waals surface area contributed by atoms with Gasteiger partial charge in [0.2, 0.25) is 0 Å². The van der Waals surface area contributed by atoms with Gasteiger partial charge >= 0.3 is 0 Å². The Morgan fingerprint density at radius 2 is 1.10 bits per heavy atom. The van der Waals surface area contributed by atoms with E-state index >= 15 is 0 Å². The van der Waals surface area contributed by atoms with E-state index in [9.17, 15) is 0 Å². The minimum atomic E-state index is 0.229. The lowest BCUT2D eigenvalue weighted by molar-refractivity contribution is 0.139. The summed E-state index contributed by atoms with van der Waals surface area (Å²) in [6.45, 7) is 7.89. The summed E-state index contributed by atoms with van der Waals surface area (Å²) in [7, 11) is 0. The molecule has 0 aromatic heterocycles. The third kappa shape index (κ3) is 7.34. The zero-order chi connectivity index (χ0) is 7.98. The molecule has 0 aliphatic carbocycles. The molecular weight excluding hydrogens is 128 g/mol. The normalized spacial score (nSPS) is 11.4. The molecule has 0 spiro atoms. The molecule has 0 amide bonds. The molecule has 0 aromatic rings. The molecule has 0 atom stereocenters. The highest BCUT2D eigenvalue weighted by atomic mass is 16.5. The van der Waals surface area contributed by atoms with E-state index in [4.69, 9.17) is 9.47 Å². The quantitative estimate of drug-likeness (QED) is 0.564. The smallest absolute Gasteiger partial charge is 0.118 e. The highest BCUT2D eigenvalue weighted by molar-refractivity contribution is 4.63. The van der Waals surface area contributed by atoms with Gasteiger partial charge in [0.1, 0.15) is 12.5 Å². The summed E-state index contributed by atoms with van der Waals surface area (Å²) in [5.74, 6) is 0.